The lowest BCUT2D eigenvalue weighted by Crippen LogP contribution is -2.02. The summed E-state index contributed by atoms with van der Waals surface area (Å²) in [4.78, 5) is 20.1. The number of fused-ring (bicyclic) bond motifs is 3. The predicted molar refractivity (Wildman–Crippen MR) is 78.9 cm³/mol. The van der Waals surface area contributed by atoms with Gasteiger partial charge in [-0.3, -0.25) is 14.8 Å². The molecular formula is C12H9N7O2S. The quantitative estimate of drug-likeness (QED) is 0.422. The van der Waals surface area contributed by atoms with Gasteiger partial charge in [0.15, 0.2) is 11.5 Å². The van der Waals surface area contributed by atoms with E-state index in [0.29, 0.717) is 11.5 Å². The minimum atomic E-state index is -0.450. The Morgan fingerprint density at radius 2 is 2.27 bits per heavy atom. The number of hydrogen-bond acceptors (Lipinski definition) is 7. The number of aromatic nitrogens is 6. The van der Waals surface area contributed by atoms with Crippen LogP contribution in [0.15, 0.2) is 24.0 Å². The van der Waals surface area contributed by atoms with Crippen molar-refractivity contribution in [3.63, 3.8) is 0 Å². The first kappa shape index (κ1) is 12.8. The van der Waals surface area contributed by atoms with Crippen LogP contribution in [0, 0.1) is 17.0 Å². The second-order valence-corrected chi connectivity index (χ2v) is 5.63. The van der Waals surface area contributed by atoms with Gasteiger partial charge in [-0.25, -0.2) is 14.5 Å². The molecule has 0 radical (unpaired) electrons. The molecule has 0 spiro atoms. The molecule has 4 heterocycles. The van der Waals surface area contributed by atoms with Crippen LogP contribution in [0.3, 0.4) is 0 Å². The molecule has 0 amide bonds. The van der Waals surface area contributed by atoms with Crippen molar-refractivity contribution in [1.82, 2.24) is 29.4 Å². The highest BCUT2D eigenvalue weighted by Gasteiger charge is 2.17. The van der Waals surface area contributed by atoms with Gasteiger partial charge in [-0.1, -0.05) is 0 Å². The van der Waals surface area contributed by atoms with Crippen LogP contribution in [0.2, 0.25) is 0 Å². The largest absolute Gasteiger partial charge is 0.309 e. The summed E-state index contributed by atoms with van der Waals surface area (Å²) in [6, 6.07) is 1.95. The van der Waals surface area contributed by atoms with E-state index in [-0.39, 0.29) is 12.2 Å². The molecule has 4 aromatic heterocycles. The van der Waals surface area contributed by atoms with Crippen LogP contribution < -0.4 is 0 Å². The molecule has 0 aromatic carbocycles. The molecule has 0 aliphatic heterocycles. The van der Waals surface area contributed by atoms with Crippen molar-refractivity contribution >= 4 is 32.9 Å². The molecular weight excluding hydrogens is 306 g/mol. The fraction of sp³-hybridized carbons (Fsp3) is 0.167. The first-order valence-corrected chi connectivity index (χ1v) is 7.25. The van der Waals surface area contributed by atoms with Crippen molar-refractivity contribution in [3.05, 3.63) is 45.6 Å². The Morgan fingerprint density at radius 1 is 1.41 bits per heavy atom. The zero-order chi connectivity index (χ0) is 15.3. The summed E-state index contributed by atoms with van der Waals surface area (Å²) in [6.45, 7) is 1.87. The minimum Gasteiger partial charge on any atom is -0.258 e. The maximum atomic E-state index is 10.9. The Bertz CT molecular complexity index is 1020. The van der Waals surface area contributed by atoms with Gasteiger partial charge < -0.3 is 0 Å². The molecule has 0 N–H and O–H groups in total. The maximum absolute atomic E-state index is 10.9. The number of thiophene rings is 1. The Morgan fingerprint density at radius 3 is 3.05 bits per heavy atom. The summed E-state index contributed by atoms with van der Waals surface area (Å²) in [7, 11) is 0. The molecule has 0 atom stereocenters. The molecule has 9 nitrogen and oxygen atoms in total. The molecule has 110 valence electrons. The van der Waals surface area contributed by atoms with E-state index < -0.39 is 4.92 Å². The van der Waals surface area contributed by atoms with Gasteiger partial charge >= 0.3 is 5.69 Å². The molecule has 0 fully saturated rings. The van der Waals surface area contributed by atoms with E-state index in [0.717, 1.165) is 15.9 Å². The zero-order valence-electron chi connectivity index (χ0n) is 11.4. The van der Waals surface area contributed by atoms with Gasteiger partial charge in [-0.05, 0) is 18.4 Å². The smallest absolute Gasteiger partial charge is 0.258 e. The number of rotatable bonds is 3. The van der Waals surface area contributed by atoms with Gasteiger partial charge in [0.05, 0.1) is 10.3 Å². The first-order valence-electron chi connectivity index (χ1n) is 6.38. The molecule has 0 saturated carbocycles. The van der Waals surface area contributed by atoms with Crippen molar-refractivity contribution in [2.75, 3.05) is 0 Å². The summed E-state index contributed by atoms with van der Waals surface area (Å²) in [5, 5.41) is 22.2. The number of aryl methyl sites for hydroxylation is 1. The van der Waals surface area contributed by atoms with Crippen molar-refractivity contribution < 1.29 is 4.92 Å². The lowest BCUT2D eigenvalue weighted by Gasteiger charge is -1.93. The molecule has 10 heteroatoms. The van der Waals surface area contributed by atoms with Gasteiger partial charge in [-0.15, -0.1) is 16.4 Å². The van der Waals surface area contributed by atoms with Gasteiger partial charge in [0.25, 0.3) is 0 Å². The van der Waals surface area contributed by atoms with Crippen LogP contribution in [-0.4, -0.2) is 34.3 Å². The molecule has 0 saturated heterocycles. The third kappa shape index (κ3) is 1.92. The highest BCUT2D eigenvalue weighted by molar-refractivity contribution is 7.16. The van der Waals surface area contributed by atoms with Crippen molar-refractivity contribution in [1.29, 1.82) is 0 Å². The Balaban J connectivity index is 1.75. The summed E-state index contributed by atoms with van der Waals surface area (Å²) in [5.74, 6) is 0.526. The minimum absolute atomic E-state index is 0.00865. The van der Waals surface area contributed by atoms with E-state index in [1.165, 1.54) is 22.2 Å². The van der Waals surface area contributed by atoms with E-state index in [1.54, 1.807) is 17.8 Å². The molecule has 0 unspecified atom stereocenters. The highest BCUT2D eigenvalue weighted by atomic mass is 32.1. The topological polar surface area (TPSA) is 104 Å². The molecule has 0 aliphatic carbocycles. The Hall–Kier alpha value is -2.88. The normalized spacial score (nSPS) is 11.5. The SMILES string of the molecule is Cc1nn(Cc2nc3c4ccsc4ncn3n2)cc1[N+](=O)[O-]. The zero-order valence-corrected chi connectivity index (χ0v) is 12.2. The monoisotopic (exact) mass is 315 g/mol. The fourth-order valence-corrected chi connectivity index (χ4v) is 3.02. The van der Waals surface area contributed by atoms with Gasteiger partial charge in [0, 0.05) is 0 Å². The summed E-state index contributed by atoms with van der Waals surface area (Å²) < 4.78 is 3.08. The number of nitrogens with zero attached hydrogens (tertiary/aromatic N) is 7. The molecule has 4 rings (SSSR count). The standard InChI is InChI=1S/C12H9N7O2S/c1-7-9(19(20)21)4-17(15-7)5-10-14-11-8-2-3-22-12(8)13-6-18(11)16-10/h2-4,6H,5H2,1H3. The van der Waals surface area contributed by atoms with Crippen molar-refractivity contribution in [2.24, 2.45) is 0 Å². The van der Waals surface area contributed by atoms with Gasteiger partial charge in [0.2, 0.25) is 0 Å². The van der Waals surface area contributed by atoms with Gasteiger partial charge in [0.1, 0.15) is 29.6 Å². The molecule has 0 bridgehead atoms. The number of hydrogen-bond donors (Lipinski definition) is 0. The summed E-state index contributed by atoms with van der Waals surface area (Å²) in [6.07, 6.45) is 3.00. The second-order valence-electron chi connectivity index (χ2n) is 4.73. The van der Waals surface area contributed by atoms with Crippen LogP contribution in [0.25, 0.3) is 15.9 Å². The highest BCUT2D eigenvalue weighted by Crippen LogP contribution is 2.22. The van der Waals surface area contributed by atoms with Crippen LogP contribution >= 0.6 is 11.3 Å². The maximum Gasteiger partial charge on any atom is 0.309 e. The summed E-state index contributed by atoms with van der Waals surface area (Å²) >= 11 is 1.54. The number of nitro groups is 1. The molecule has 22 heavy (non-hydrogen) atoms. The van der Waals surface area contributed by atoms with Crippen LogP contribution in [0.4, 0.5) is 5.69 Å². The van der Waals surface area contributed by atoms with Crippen LogP contribution in [0.1, 0.15) is 11.5 Å². The molecule has 0 aliphatic rings. The van der Waals surface area contributed by atoms with Crippen molar-refractivity contribution in [2.45, 2.75) is 13.5 Å². The Kier molecular flexibility index (Phi) is 2.66. The lowest BCUT2D eigenvalue weighted by atomic mass is 10.4. The summed E-state index contributed by atoms with van der Waals surface area (Å²) in [5.41, 5.74) is 1.08. The first-order chi connectivity index (χ1) is 10.6. The lowest BCUT2D eigenvalue weighted by molar-refractivity contribution is -0.385. The van der Waals surface area contributed by atoms with Gasteiger partial charge in [-0.2, -0.15) is 5.10 Å². The fourth-order valence-electron chi connectivity index (χ4n) is 2.29. The third-order valence-corrected chi connectivity index (χ3v) is 4.09. The average molecular weight is 315 g/mol. The van der Waals surface area contributed by atoms with Crippen molar-refractivity contribution in [3.8, 4) is 0 Å². The second kappa shape index (κ2) is 4.56. The predicted octanol–water partition coefficient (Wildman–Crippen LogP) is 1.80. The van der Waals surface area contributed by atoms with E-state index in [2.05, 4.69) is 20.2 Å². The van der Waals surface area contributed by atoms with E-state index in [1.807, 2.05) is 11.4 Å². The van der Waals surface area contributed by atoms with E-state index in [4.69, 9.17) is 0 Å². The third-order valence-electron chi connectivity index (χ3n) is 3.27. The Labute approximate surface area is 127 Å². The van der Waals surface area contributed by atoms with Crippen LogP contribution in [0.5, 0.6) is 0 Å². The van der Waals surface area contributed by atoms with Crippen LogP contribution in [-0.2, 0) is 6.54 Å². The average Bonchev–Trinajstić information content (AvgIpc) is 3.15. The van der Waals surface area contributed by atoms with E-state index >= 15 is 0 Å². The van der Waals surface area contributed by atoms with E-state index in [9.17, 15) is 10.1 Å². The molecule has 4 aromatic rings.